The standard InChI is InChI=1S/C14H23N3O3/c1-6-10(2)11(12(18)17-8-7-15-9-17)16-13(19)20-14(3,4)5/h7-11H,6H2,1-5H3,(H,16,19)/t10-,11-/m0/s1. The molecule has 0 aliphatic rings. The average molecular weight is 281 g/mol. The number of aromatic nitrogens is 2. The molecule has 0 aliphatic heterocycles. The summed E-state index contributed by atoms with van der Waals surface area (Å²) in [6.45, 7) is 9.22. The van der Waals surface area contributed by atoms with E-state index in [2.05, 4.69) is 10.3 Å². The van der Waals surface area contributed by atoms with Crippen LogP contribution >= 0.6 is 0 Å². The number of ether oxygens (including phenoxy) is 1. The first-order chi connectivity index (χ1) is 9.24. The second-order valence-corrected chi connectivity index (χ2v) is 5.82. The SMILES string of the molecule is CC[C@H](C)[C@H](NC(=O)OC(C)(C)C)C(=O)n1ccnc1. The van der Waals surface area contributed by atoms with Gasteiger partial charge in [-0.2, -0.15) is 0 Å². The highest BCUT2D eigenvalue weighted by Gasteiger charge is 2.29. The number of amides is 1. The fourth-order valence-corrected chi connectivity index (χ4v) is 1.67. The summed E-state index contributed by atoms with van der Waals surface area (Å²) in [5.74, 6) is -0.222. The summed E-state index contributed by atoms with van der Waals surface area (Å²) in [6, 6.07) is -0.635. The number of hydrogen-bond acceptors (Lipinski definition) is 4. The van der Waals surface area contributed by atoms with Crippen LogP contribution in [0.2, 0.25) is 0 Å². The van der Waals surface area contributed by atoms with Crippen molar-refractivity contribution >= 4 is 12.0 Å². The maximum Gasteiger partial charge on any atom is 0.408 e. The van der Waals surface area contributed by atoms with Gasteiger partial charge in [0.1, 0.15) is 18.0 Å². The molecule has 0 saturated carbocycles. The van der Waals surface area contributed by atoms with Crippen molar-refractivity contribution in [2.45, 2.75) is 52.7 Å². The molecule has 20 heavy (non-hydrogen) atoms. The Kier molecular flexibility index (Phi) is 5.30. The van der Waals surface area contributed by atoms with E-state index in [0.29, 0.717) is 0 Å². The lowest BCUT2D eigenvalue weighted by molar-refractivity contribution is 0.0460. The van der Waals surface area contributed by atoms with Crippen molar-refractivity contribution in [3.8, 4) is 0 Å². The number of carbonyl (C=O) groups is 2. The minimum Gasteiger partial charge on any atom is -0.444 e. The van der Waals surface area contributed by atoms with E-state index in [1.54, 1.807) is 27.0 Å². The molecule has 0 radical (unpaired) electrons. The molecule has 0 aromatic carbocycles. The van der Waals surface area contributed by atoms with E-state index in [9.17, 15) is 9.59 Å². The Bertz CT molecular complexity index is 449. The van der Waals surface area contributed by atoms with E-state index >= 15 is 0 Å². The first-order valence-electron chi connectivity index (χ1n) is 6.76. The van der Waals surface area contributed by atoms with Crippen LogP contribution in [-0.2, 0) is 4.74 Å². The van der Waals surface area contributed by atoms with Gasteiger partial charge in [0.2, 0.25) is 0 Å². The van der Waals surface area contributed by atoms with Crippen LogP contribution in [0.25, 0.3) is 0 Å². The third-order valence-electron chi connectivity index (χ3n) is 2.91. The largest absolute Gasteiger partial charge is 0.444 e. The Morgan fingerprint density at radius 2 is 2.05 bits per heavy atom. The van der Waals surface area contributed by atoms with Gasteiger partial charge in [-0.3, -0.25) is 9.36 Å². The molecule has 0 bridgehead atoms. The predicted molar refractivity (Wildman–Crippen MR) is 75.5 cm³/mol. The molecule has 1 rings (SSSR count). The summed E-state index contributed by atoms with van der Waals surface area (Å²) < 4.78 is 6.57. The Labute approximate surface area is 119 Å². The number of alkyl carbamates (subject to hydrolysis) is 1. The molecule has 1 N–H and O–H groups in total. The first kappa shape index (κ1) is 16.2. The van der Waals surface area contributed by atoms with E-state index in [4.69, 9.17) is 4.74 Å². The summed E-state index contributed by atoms with van der Waals surface area (Å²) in [4.78, 5) is 28.1. The summed E-state index contributed by atoms with van der Waals surface area (Å²) in [5.41, 5.74) is -0.595. The molecule has 0 aliphatic carbocycles. The Morgan fingerprint density at radius 3 is 2.50 bits per heavy atom. The van der Waals surface area contributed by atoms with Crippen LogP contribution in [0.15, 0.2) is 18.7 Å². The molecular weight excluding hydrogens is 258 g/mol. The maximum absolute atomic E-state index is 12.4. The molecule has 1 aromatic rings. The van der Waals surface area contributed by atoms with E-state index in [1.165, 1.54) is 17.1 Å². The van der Waals surface area contributed by atoms with Crippen molar-refractivity contribution < 1.29 is 14.3 Å². The molecule has 2 atom stereocenters. The van der Waals surface area contributed by atoms with Gasteiger partial charge in [0.25, 0.3) is 5.91 Å². The van der Waals surface area contributed by atoms with Crippen molar-refractivity contribution in [2.24, 2.45) is 5.92 Å². The fourth-order valence-electron chi connectivity index (χ4n) is 1.67. The monoisotopic (exact) mass is 281 g/mol. The number of rotatable bonds is 4. The Hall–Kier alpha value is -1.85. The van der Waals surface area contributed by atoms with E-state index < -0.39 is 17.7 Å². The van der Waals surface area contributed by atoms with Gasteiger partial charge in [0, 0.05) is 12.4 Å². The van der Waals surface area contributed by atoms with Gasteiger partial charge in [-0.15, -0.1) is 0 Å². The van der Waals surface area contributed by atoms with Crippen LogP contribution in [0.1, 0.15) is 45.8 Å². The second kappa shape index (κ2) is 6.54. The van der Waals surface area contributed by atoms with Crippen molar-refractivity contribution in [1.29, 1.82) is 0 Å². The van der Waals surface area contributed by atoms with Gasteiger partial charge in [-0.1, -0.05) is 20.3 Å². The van der Waals surface area contributed by atoms with Crippen molar-refractivity contribution in [2.75, 3.05) is 0 Å². The van der Waals surface area contributed by atoms with Gasteiger partial charge in [-0.25, -0.2) is 9.78 Å². The maximum atomic E-state index is 12.4. The highest BCUT2D eigenvalue weighted by Crippen LogP contribution is 2.12. The predicted octanol–water partition coefficient (Wildman–Crippen LogP) is 2.46. The van der Waals surface area contributed by atoms with Gasteiger partial charge >= 0.3 is 6.09 Å². The average Bonchev–Trinajstić information content (AvgIpc) is 2.85. The highest BCUT2D eigenvalue weighted by atomic mass is 16.6. The minimum absolute atomic E-state index is 0.00239. The van der Waals surface area contributed by atoms with E-state index in [0.717, 1.165) is 6.42 Å². The third-order valence-corrected chi connectivity index (χ3v) is 2.91. The smallest absolute Gasteiger partial charge is 0.408 e. The van der Waals surface area contributed by atoms with Crippen LogP contribution in [-0.4, -0.2) is 33.2 Å². The lowest BCUT2D eigenvalue weighted by Gasteiger charge is -2.26. The molecule has 6 heteroatoms. The van der Waals surface area contributed by atoms with Crippen LogP contribution in [0.4, 0.5) is 4.79 Å². The van der Waals surface area contributed by atoms with Crippen molar-refractivity contribution in [3.05, 3.63) is 18.7 Å². The Morgan fingerprint density at radius 1 is 1.40 bits per heavy atom. The fraction of sp³-hybridized carbons (Fsp3) is 0.643. The molecule has 0 fully saturated rings. The summed E-state index contributed by atoms with van der Waals surface area (Å²) in [6.07, 6.45) is 4.69. The molecule has 0 spiro atoms. The molecule has 1 aromatic heterocycles. The van der Waals surface area contributed by atoms with Crippen LogP contribution in [0.3, 0.4) is 0 Å². The number of nitrogens with zero attached hydrogens (tertiary/aromatic N) is 2. The Balaban J connectivity index is 2.80. The molecular formula is C14H23N3O3. The van der Waals surface area contributed by atoms with Crippen LogP contribution in [0, 0.1) is 5.92 Å². The highest BCUT2D eigenvalue weighted by molar-refractivity contribution is 5.87. The topological polar surface area (TPSA) is 73.2 Å². The van der Waals surface area contributed by atoms with Gasteiger partial charge in [-0.05, 0) is 26.7 Å². The first-order valence-corrected chi connectivity index (χ1v) is 6.76. The molecule has 1 amide bonds. The zero-order chi connectivity index (χ0) is 15.3. The van der Waals surface area contributed by atoms with Crippen LogP contribution in [0.5, 0.6) is 0 Å². The minimum atomic E-state index is -0.635. The van der Waals surface area contributed by atoms with E-state index in [-0.39, 0.29) is 11.8 Å². The number of carbonyl (C=O) groups excluding carboxylic acids is 2. The van der Waals surface area contributed by atoms with Crippen LogP contribution < -0.4 is 5.32 Å². The number of imidazole rings is 1. The van der Waals surface area contributed by atoms with E-state index in [1.807, 2.05) is 13.8 Å². The zero-order valence-electron chi connectivity index (χ0n) is 12.7. The summed E-state index contributed by atoms with van der Waals surface area (Å²) in [7, 11) is 0. The number of hydrogen-bond donors (Lipinski definition) is 1. The summed E-state index contributed by atoms with van der Waals surface area (Å²) >= 11 is 0. The zero-order valence-corrected chi connectivity index (χ0v) is 12.7. The van der Waals surface area contributed by atoms with Crippen molar-refractivity contribution in [3.63, 3.8) is 0 Å². The lowest BCUT2D eigenvalue weighted by Crippen LogP contribution is -2.48. The van der Waals surface area contributed by atoms with Crippen molar-refractivity contribution in [1.82, 2.24) is 14.9 Å². The van der Waals surface area contributed by atoms with Gasteiger partial charge in [0.15, 0.2) is 0 Å². The molecule has 0 saturated heterocycles. The van der Waals surface area contributed by atoms with Gasteiger partial charge < -0.3 is 10.1 Å². The lowest BCUT2D eigenvalue weighted by atomic mass is 9.98. The normalized spacial score (nSPS) is 14.4. The molecule has 112 valence electrons. The molecule has 6 nitrogen and oxygen atoms in total. The second-order valence-electron chi connectivity index (χ2n) is 5.82. The quantitative estimate of drug-likeness (QED) is 0.920. The number of nitrogens with one attached hydrogen (secondary N) is 1. The summed E-state index contributed by atoms with van der Waals surface area (Å²) in [5, 5.41) is 2.65. The molecule has 1 heterocycles. The van der Waals surface area contributed by atoms with Gasteiger partial charge in [0.05, 0.1) is 0 Å². The molecule has 0 unspecified atom stereocenters. The third kappa shape index (κ3) is 4.68.